The number of amides is 1. The number of hydrogen-bond acceptors (Lipinski definition) is 6. The Morgan fingerprint density at radius 1 is 1.12 bits per heavy atom. The molecule has 0 bridgehead atoms. The number of rotatable bonds is 7. The third-order valence-corrected chi connectivity index (χ3v) is 2.06. The summed E-state index contributed by atoms with van der Waals surface area (Å²) in [5, 5.41) is 47.7. The van der Waals surface area contributed by atoms with E-state index in [1.165, 1.54) is 0 Å². The standard InChI is InChI=1S/C9H18NO6/c1-2-7(14)10-3-5(12)8(15)9(16)6(13)4-11/h5-6,8-9,11-13,15-16H,1-4H2,(H,10,14)/t5-,6+,8+,9+/m0/s1. The molecule has 0 fully saturated rings. The summed E-state index contributed by atoms with van der Waals surface area (Å²) in [6, 6.07) is 0. The highest BCUT2D eigenvalue weighted by Gasteiger charge is 2.29. The fraction of sp³-hybridized carbons (Fsp3) is 0.778. The highest BCUT2D eigenvalue weighted by molar-refractivity contribution is 5.76. The van der Waals surface area contributed by atoms with E-state index >= 15 is 0 Å². The van der Waals surface area contributed by atoms with Crippen LogP contribution in [0.25, 0.3) is 0 Å². The Morgan fingerprint density at radius 3 is 2.06 bits per heavy atom. The van der Waals surface area contributed by atoms with Gasteiger partial charge in [-0.05, 0) is 6.92 Å². The maximum atomic E-state index is 10.8. The predicted octanol–water partition coefficient (Wildman–Crippen LogP) is -3.24. The summed E-state index contributed by atoms with van der Waals surface area (Å²) in [7, 11) is 0. The van der Waals surface area contributed by atoms with Crippen molar-refractivity contribution in [1.82, 2.24) is 5.32 Å². The fourth-order valence-corrected chi connectivity index (χ4v) is 0.991. The highest BCUT2D eigenvalue weighted by atomic mass is 16.4. The Balaban J connectivity index is 4.06. The van der Waals surface area contributed by atoms with Gasteiger partial charge in [0.15, 0.2) is 0 Å². The summed E-state index contributed by atoms with van der Waals surface area (Å²) in [4.78, 5) is 10.8. The normalized spacial score (nSPS) is 18.6. The first-order valence-corrected chi connectivity index (χ1v) is 4.83. The van der Waals surface area contributed by atoms with E-state index in [1.54, 1.807) is 0 Å². The van der Waals surface area contributed by atoms with Gasteiger partial charge in [0.05, 0.1) is 12.7 Å². The zero-order chi connectivity index (χ0) is 12.7. The van der Waals surface area contributed by atoms with Gasteiger partial charge in [0, 0.05) is 13.0 Å². The largest absolute Gasteiger partial charge is 0.394 e. The lowest BCUT2D eigenvalue weighted by molar-refractivity contribution is -0.125. The van der Waals surface area contributed by atoms with Crippen LogP contribution in [0.1, 0.15) is 6.42 Å². The maximum absolute atomic E-state index is 10.8. The first-order chi connectivity index (χ1) is 7.43. The molecule has 0 aromatic carbocycles. The molecule has 6 N–H and O–H groups in total. The molecule has 0 aromatic heterocycles. The quantitative estimate of drug-likeness (QED) is 0.275. The predicted molar refractivity (Wildman–Crippen MR) is 54.1 cm³/mol. The molecule has 0 aliphatic carbocycles. The maximum Gasteiger partial charge on any atom is 0.220 e. The van der Waals surface area contributed by atoms with Gasteiger partial charge in [-0.2, -0.15) is 0 Å². The van der Waals surface area contributed by atoms with Crippen molar-refractivity contribution in [2.75, 3.05) is 13.2 Å². The van der Waals surface area contributed by atoms with Crippen LogP contribution < -0.4 is 5.32 Å². The second-order valence-corrected chi connectivity index (χ2v) is 3.35. The molecule has 1 radical (unpaired) electrons. The molecule has 0 heterocycles. The van der Waals surface area contributed by atoms with Crippen molar-refractivity contribution < 1.29 is 30.3 Å². The molecule has 0 rings (SSSR count). The van der Waals surface area contributed by atoms with Crippen LogP contribution in [-0.2, 0) is 4.79 Å². The lowest BCUT2D eigenvalue weighted by atomic mass is 10.0. The lowest BCUT2D eigenvalue weighted by Gasteiger charge is -2.25. The van der Waals surface area contributed by atoms with Gasteiger partial charge < -0.3 is 30.8 Å². The summed E-state index contributed by atoms with van der Waals surface area (Å²) in [6.07, 6.45) is -6.34. The van der Waals surface area contributed by atoms with E-state index < -0.39 is 36.9 Å². The van der Waals surface area contributed by atoms with Crippen LogP contribution in [0.4, 0.5) is 0 Å². The van der Waals surface area contributed by atoms with Crippen LogP contribution in [0.3, 0.4) is 0 Å². The van der Waals surface area contributed by atoms with E-state index in [0.29, 0.717) is 0 Å². The van der Waals surface area contributed by atoms with Gasteiger partial charge in [-0.1, -0.05) is 0 Å². The zero-order valence-corrected chi connectivity index (χ0v) is 8.78. The van der Waals surface area contributed by atoms with Crippen LogP contribution in [0.2, 0.25) is 0 Å². The minimum Gasteiger partial charge on any atom is -0.394 e. The molecule has 0 saturated heterocycles. The smallest absolute Gasteiger partial charge is 0.220 e. The van der Waals surface area contributed by atoms with E-state index in [0.717, 1.165) is 0 Å². The van der Waals surface area contributed by atoms with E-state index in [9.17, 15) is 20.1 Å². The van der Waals surface area contributed by atoms with Crippen LogP contribution in [0.5, 0.6) is 0 Å². The molecular weight excluding hydrogens is 218 g/mol. The third-order valence-electron chi connectivity index (χ3n) is 2.06. The molecule has 0 spiro atoms. The molecule has 0 aliphatic heterocycles. The van der Waals surface area contributed by atoms with Gasteiger partial charge in [0.25, 0.3) is 0 Å². The molecule has 95 valence electrons. The van der Waals surface area contributed by atoms with E-state index in [4.69, 9.17) is 10.2 Å². The average Bonchev–Trinajstić information content (AvgIpc) is 2.32. The second-order valence-electron chi connectivity index (χ2n) is 3.35. The summed E-state index contributed by atoms with van der Waals surface area (Å²) in [6.45, 7) is 2.29. The van der Waals surface area contributed by atoms with Crippen molar-refractivity contribution in [1.29, 1.82) is 0 Å². The topological polar surface area (TPSA) is 130 Å². The molecule has 0 saturated carbocycles. The van der Waals surface area contributed by atoms with E-state index in [-0.39, 0.29) is 13.0 Å². The molecule has 16 heavy (non-hydrogen) atoms. The Hall–Kier alpha value is -0.730. The summed E-state index contributed by atoms with van der Waals surface area (Å²) in [5.74, 6) is -0.413. The molecule has 4 atom stereocenters. The minimum absolute atomic E-state index is 0.00929. The van der Waals surface area contributed by atoms with Gasteiger partial charge >= 0.3 is 0 Å². The van der Waals surface area contributed by atoms with Gasteiger partial charge in [-0.15, -0.1) is 0 Å². The van der Waals surface area contributed by atoms with E-state index in [1.807, 2.05) is 0 Å². The Bertz CT molecular complexity index is 212. The van der Waals surface area contributed by atoms with Gasteiger partial charge in [-0.3, -0.25) is 4.79 Å². The Morgan fingerprint density at radius 2 is 1.62 bits per heavy atom. The summed E-state index contributed by atoms with van der Waals surface area (Å²) >= 11 is 0. The average molecular weight is 236 g/mol. The molecule has 7 heteroatoms. The van der Waals surface area contributed by atoms with Crippen molar-refractivity contribution in [3.63, 3.8) is 0 Å². The van der Waals surface area contributed by atoms with Crippen molar-refractivity contribution in [2.24, 2.45) is 0 Å². The first kappa shape index (κ1) is 15.3. The monoisotopic (exact) mass is 236 g/mol. The molecule has 0 aromatic rings. The van der Waals surface area contributed by atoms with Crippen LogP contribution in [0.15, 0.2) is 0 Å². The van der Waals surface area contributed by atoms with Gasteiger partial charge in [0.1, 0.15) is 18.3 Å². The number of carbonyl (C=O) groups is 1. The molecule has 0 aliphatic rings. The van der Waals surface area contributed by atoms with Crippen LogP contribution in [0, 0.1) is 6.92 Å². The van der Waals surface area contributed by atoms with Crippen molar-refractivity contribution in [3.05, 3.63) is 6.92 Å². The minimum atomic E-state index is -1.68. The molecule has 7 nitrogen and oxygen atoms in total. The van der Waals surface area contributed by atoms with Crippen molar-refractivity contribution in [2.45, 2.75) is 30.8 Å². The number of carbonyl (C=O) groups excluding carboxylic acids is 1. The van der Waals surface area contributed by atoms with Gasteiger partial charge in [-0.25, -0.2) is 0 Å². The van der Waals surface area contributed by atoms with Crippen LogP contribution >= 0.6 is 0 Å². The zero-order valence-electron chi connectivity index (χ0n) is 8.78. The number of aliphatic hydroxyl groups excluding tert-OH is 5. The van der Waals surface area contributed by atoms with Gasteiger partial charge in [0.2, 0.25) is 5.91 Å². The van der Waals surface area contributed by atoms with E-state index in [2.05, 4.69) is 12.2 Å². The number of nitrogens with one attached hydrogen (secondary N) is 1. The summed E-state index contributed by atoms with van der Waals surface area (Å²) in [5.41, 5.74) is 0. The number of aliphatic hydroxyl groups is 5. The first-order valence-electron chi connectivity index (χ1n) is 4.83. The van der Waals surface area contributed by atoms with Crippen molar-refractivity contribution >= 4 is 5.91 Å². The third kappa shape index (κ3) is 4.86. The Labute approximate surface area is 93.3 Å². The molecular formula is C9H18NO6. The summed E-state index contributed by atoms with van der Waals surface area (Å²) < 4.78 is 0. The molecule has 1 amide bonds. The lowest BCUT2D eigenvalue weighted by Crippen LogP contribution is -2.49. The second kappa shape index (κ2) is 7.53. The van der Waals surface area contributed by atoms with Crippen LogP contribution in [-0.4, -0.2) is 69.0 Å². The highest BCUT2D eigenvalue weighted by Crippen LogP contribution is 2.04. The Kier molecular flexibility index (Phi) is 7.18. The molecule has 0 unspecified atom stereocenters. The fourth-order valence-electron chi connectivity index (χ4n) is 0.991. The SMILES string of the molecule is [CH2]CC(=O)NC[C@H](O)[C@@H](O)[C@H](O)[C@H](O)CO. The van der Waals surface area contributed by atoms with Crippen molar-refractivity contribution in [3.8, 4) is 0 Å². The number of hydrogen-bond donors (Lipinski definition) is 6.